The average molecular weight is 406 g/mol. The number of aliphatic hydroxyl groups is 1. The van der Waals surface area contributed by atoms with Gasteiger partial charge in [-0.3, -0.25) is 0 Å². The molecule has 0 saturated carbocycles. The molecule has 0 amide bonds. The Hall–Kier alpha value is -1.06. The molecule has 27 heavy (non-hydrogen) atoms. The summed E-state index contributed by atoms with van der Waals surface area (Å²) >= 11 is 12.5. The summed E-state index contributed by atoms with van der Waals surface area (Å²) in [6.45, 7) is 3.73. The van der Waals surface area contributed by atoms with Gasteiger partial charge in [0.25, 0.3) is 0 Å². The monoisotopic (exact) mass is 405 g/mol. The summed E-state index contributed by atoms with van der Waals surface area (Å²) in [6.07, 6.45) is 7.91. The molecule has 3 rings (SSSR count). The van der Waals surface area contributed by atoms with Crippen LogP contribution in [0.1, 0.15) is 68.2 Å². The van der Waals surface area contributed by atoms with Gasteiger partial charge in [-0.1, -0.05) is 68.3 Å². The van der Waals surface area contributed by atoms with Gasteiger partial charge in [0.15, 0.2) is 0 Å². The van der Waals surface area contributed by atoms with E-state index < -0.39 is 6.10 Å². The van der Waals surface area contributed by atoms with Crippen LogP contribution in [-0.4, -0.2) is 18.2 Å². The highest BCUT2D eigenvalue weighted by Crippen LogP contribution is 2.43. The molecule has 0 fully saturated rings. The molecule has 0 saturated heterocycles. The van der Waals surface area contributed by atoms with Crippen molar-refractivity contribution < 1.29 is 5.11 Å². The maximum atomic E-state index is 10.8. The van der Waals surface area contributed by atoms with Gasteiger partial charge in [-0.2, -0.15) is 0 Å². The van der Waals surface area contributed by atoms with Crippen molar-refractivity contribution >= 4 is 23.2 Å². The lowest BCUT2D eigenvalue weighted by Crippen LogP contribution is -2.23. The van der Waals surface area contributed by atoms with Crippen molar-refractivity contribution in [3.63, 3.8) is 0 Å². The summed E-state index contributed by atoms with van der Waals surface area (Å²) in [7, 11) is 0. The molecule has 1 atom stereocenters. The van der Waals surface area contributed by atoms with E-state index in [9.17, 15) is 5.11 Å². The Bertz CT molecular complexity index is 775. The molecular weight excluding hydrogens is 377 g/mol. The van der Waals surface area contributed by atoms with Crippen LogP contribution in [0.5, 0.6) is 0 Å². The lowest BCUT2D eigenvalue weighted by atomic mass is 9.95. The Morgan fingerprint density at radius 1 is 0.963 bits per heavy atom. The predicted octanol–water partition coefficient (Wildman–Crippen LogP) is 6.55. The molecule has 1 aliphatic carbocycles. The number of halogens is 2. The average Bonchev–Trinajstić information content (AvgIpc) is 2.99. The SMILES string of the molecule is CCCCCCCCNCC(O)c1cc(Cl)cc2c1-c1ccc(Cl)cc1C2. The third-order valence-corrected chi connectivity index (χ3v) is 5.79. The zero-order valence-electron chi connectivity index (χ0n) is 16.0. The van der Waals surface area contributed by atoms with Crippen LogP contribution in [0.3, 0.4) is 0 Å². The van der Waals surface area contributed by atoms with Crippen LogP contribution in [0.15, 0.2) is 30.3 Å². The van der Waals surface area contributed by atoms with E-state index in [0.717, 1.165) is 41.1 Å². The number of fused-ring (bicyclic) bond motifs is 3. The van der Waals surface area contributed by atoms with Gasteiger partial charge in [0.2, 0.25) is 0 Å². The molecule has 2 N–H and O–H groups in total. The minimum atomic E-state index is -0.570. The Morgan fingerprint density at radius 3 is 2.52 bits per heavy atom. The van der Waals surface area contributed by atoms with E-state index in [0.29, 0.717) is 11.6 Å². The molecule has 1 unspecified atom stereocenters. The molecule has 2 aromatic rings. The molecule has 0 aliphatic heterocycles. The number of hydrogen-bond donors (Lipinski definition) is 2. The van der Waals surface area contributed by atoms with E-state index in [-0.39, 0.29) is 0 Å². The van der Waals surface area contributed by atoms with Gasteiger partial charge in [0, 0.05) is 16.6 Å². The quantitative estimate of drug-likeness (QED) is 0.374. The van der Waals surface area contributed by atoms with Crippen molar-refractivity contribution in [3.05, 3.63) is 57.1 Å². The Labute approximate surface area is 172 Å². The first-order chi connectivity index (χ1) is 13.1. The van der Waals surface area contributed by atoms with Gasteiger partial charge in [-0.15, -0.1) is 0 Å². The maximum Gasteiger partial charge on any atom is 0.0920 e. The highest BCUT2D eigenvalue weighted by molar-refractivity contribution is 6.31. The molecule has 0 radical (unpaired) electrons. The first-order valence-electron chi connectivity index (χ1n) is 10.1. The van der Waals surface area contributed by atoms with Gasteiger partial charge < -0.3 is 10.4 Å². The largest absolute Gasteiger partial charge is 0.387 e. The van der Waals surface area contributed by atoms with Crippen LogP contribution in [0.25, 0.3) is 11.1 Å². The zero-order chi connectivity index (χ0) is 19.2. The van der Waals surface area contributed by atoms with E-state index in [1.165, 1.54) is 43.2 Å². The van der Waals surface area contributed by atoms with Crippen LogP contribution in [0.2, 0.25) is 10.0 Å². The smallest absolute Gasteiger partial charge is 0.0920 e. The number of hydrogen-bond acceptors (Lipinski definition) is 2. The fourth-order valence-corrected chi connectivity index (χ4v) is 4.40. The summed E-state index contributed by atoms with van der Waals surface area (Å²) < 4.78 is 0. The Kier molecular flexibility index (Phi) is 7.60. The minimum Gasteiger partial charge on any atom is -0.387 e. The first-order valence-corrected chi connectivity index (χ1v) is 10.9. The number of rotatable bonds is 10. The Morgan fingerprint density at radius 2 is 1.70 bits per heavy atom. The van der Waals surface area contributed by atoms with E-state index >= 15 is 0 Å². The topological polar surface area (TPSA) is 32.3 Å². The second-order valence-corrected chi connectivity index (χ2v) is 8.37. The fourth-order valence-electron chi connectivity index (χ4n) is 3.95. The molecule has 0 heterocycles. The molecular formula is C23H29Cl2NO. The van der Waals surface area contributed by atoms with E-state index in [1.54, 1.807) is 0 Å². The van der Waals surface area contributed by atoms with E-state index in [2.05, 4.69) is 18.3 Å². The molecule has 146 valence electrons. The third kappa shape index (κ3) is 5.26. The molecule has 0 spiro atoms. The van der Waals surface area contributed by atoms with E-state index in [1.807, 2.05) is 24.3 Å². The lowest BCUT2D eigenvalue weighted by Gasteiger charge is -2.17. The summed E-state index contributed by atoms with van der Waals surface area (Å²) in [5.41, 5.74) is 5.57. The van der Waals surface area contributed by atoms with Crippen molar-refractivity contribution in [1.29, 1.82) is 0 Å². The van der Waals surface area contributed by atoms with E-state index in [4.69, 9.17) is 23.2 Å². The van der Waals surface area contributed by atoms with Gasteiger partial charge in [-0.25, -0.2) is 0 Å². The molecule has 2 aromatic carbocycles. The lowest BCUT2D eigenvalue weighted by molar-refractivity contribution is 0.175. The second-order valence-electron chi connectivity index (χ2n) is 7.50. The van der Waals surface area contributed by atoms with Crippen LogP contribution < -0.4 is 5.32 Å². The summed E-state index contributed by atoms with van der Waals surface area (Å²) in [4.78, 5) is 0. The summed E-state index contributed by atoms with van der Waals surface area (Å²) in [5.74, 6) is 0. The van der Waals surface area contributed by atoms with Crippen molar-refractivity contribution in [1.82, 2.24) is 5.32 Å². The van der Waals surface area contributed by atoms with Gasteiger partial charge in [0.05, 0.1) is 6.10 Å². The molecule has 2 nitrogen and oxygen atoms in total. The molecule has 0 bridgehead atoms. The second kappa shape index (κ2) is 9.93. The van der Waals surface area contributed by atoms with Gasteiger partial charge >= 0.3 is 0 Å². The van der Waals surface area contributed by atoms with Crippen LogP contribution in [-0.2, 0) is 6.42 Å². The van der Waals surface area contributed by atoms with Gasteiger partial charge in [0.1, 0.15) is 0 Å². The van der Waals surface area contributed by atoms with Gasteiger partial charge in [-0.05, 0) is 71.5 Å². The van der Waals surface area contributed by atoms with Crippen LogP contribution >= 0.6 is 23.2 Å². The van der Waals surface area contributed by atoms with Crippen LogP contribution in [0, 0.1) is 0 Å². The fraction of sp³-hybridized carbons (Fsp3) is 0.478. The molecule has 1 aliphatic rings. The summed E-state index contributed by atoms with van der Waals surface area (Å²) in [5, 5.41) is 15.6. The zero-order valence-corrected chi connectivity index (χ0v) is 17.5. The normalized spacial score (nSPS) is 13.5. The number of nitrogens with one attached hydrogen (secondary N) is 1. The van der Waals surface area contributed by atoms with Crippen molar-refractivity contribution in [2.24, 2.45) is 0 Å². The summed E-state index contributed by atoms with van der Waals surface area (Å²) in [6, 6.07) is 9.89. The number of benzene rings is 2. The van der Waals surface area contributed by atoms with Crippen molar-refractivity contribution in [2.45, 2.75) is 58.0 Å². The minimum absolute atomic E-state index is 0.546. The standard InChI is InChI=1S/C23H29Cl2NO/c1-2-3-4-5-6-7-10-26-15-22(27)21-14-19(25)13-17-11-16-12-18(24)8-9-20(16)23(17)21/h8-9,12-14,22,26-27H,2-7,10-11,15H2,1H3. The predicted molar refractivity (Wildman–Crippen MR) is 116 cm³/mol. The first kappa shape index (κ1) is 20.7. The Balaban J connectivity index is 1.61. The third-order valence-electron chi connectivity index (χ3n) is 5.34. The molecule has 4 heteroatoms. The van der Waals surface area contributed by atoms with Crippen molar-refractivity contribution in [2.75, 3.05) is 13.1 Å². The number of aliphatic hydroxyl groups excluding tert-OH is 1. The van der Waals surface area contributed by atoms with Crippen LogP contribution in [0.4, 0.5) is 0 Å². The molecule has 0 aromatic heterocycles. The number of unbranched alkanes of at least 4 members (excludes halogenated alkanes) is 5. The maximum absolute atomic E-state index is 10.8. The van der Waals surface area contributed by atoms with Crippen molar-refractivity contribution in [3.8, 4) is 11.1 Å². The highest BCUT2D eigenvalue weighted by atomic mass is 35.5. The highest BCUT2D eigenvalue weighted by Gasteiger charge is 2.25.